The Morgan fingerprint density at radius 3 is 1.05 bits per heavy atom. The van der Waals surface area contributed by atoms with Gasteiger partial charge in [-0.1, -0.05) is 76.2 Å². The van der Waals surface area contributed by atoms with Gasteiger partial charge in [0, 0.05) is 162 Å². The van der Waals surface area contributed by atoms with Crippen molar-refractivity contribution in [2.45, 2.75) is 277 Å². The minimum atomic E-state index is -1.52. The van der Waals surface area contributed by atoms with Crippen molar-refractivity contribution in [1.82, 2.24) is 47.4 Å². The number of likely N-dealkylation sites (tertiary alicyclic amines) is 1. The fraction of sp³-hybridized carbons (Fsp3) is 0.697. The predicted molar refractivity (Wildman–Crippen MR) is 534 cm³/mol. The van der Waals surface area contributed by atoms with Crippen molar-refractivity contribution >= 4 is 92.7 Å². The van der Waals surface area contributed by atoms with Crippen LogP contribution in [0.2, 0.25) is 0 Å². The number of ether oxygens (including phenoxy) is 15. The number of carbonyl (C=O) groups is 12. The summed E-state index contributed by atoms with van der Waals surface area (Å²) in [4.78, 5) is 155. The molecule has 4 fully saturated rings. The van der Waals surface area contributed by atoms with Gasteiger partial charge in [0.2, 0.25) is 53.2 Å². The number of unbranched alkanes of at least 4 members (excludes halogenated alkanes) is 4. The molecule has 21 N–H and O–H groups in total. The molecular formula is C99H156N12O34S2. The van der Waals surface area contributed by atoms with Crippen LogP contribution in [0.15, 0.2) is 78.9 Å². The summed E-state index contributed by atoms with van der Waals surface area (Å²) in [6.45, 7) is 3.30. The lowest BCUT2D eigenvalue weighted by molar-refractivity contribution is -0.267. The number of hydrogen-bond acceptors (Lipinski definition) is 39. The number of nitrogens with one attached hydrogen (secondary N) is 8. The fourth-order valence-electron chi connectivity index (χ4n) is 16.2. The molecule has 147 heavy (non-hydrogen) atoms. The molecule has 48 heteroatoms. The molecule has 4 aliphatic heterocycles. The van der Waals surface area contributed by atoms with Gasteiger partial charge in [0.05, 0.1) is 90.7 Å². The molecule has 7 rings (SSSR count). The summed E-state index contributed by atoms with van der Waals surface area (Å²) in [6, 6.07) is 21.5. The van der Waals surface area contributed by atoms with E-state index in [2.05, 4.69) is 42.5 Å². The van der Waals surface area contributed by atoms with Crippen LogP contribution in [0.4, 0.5) is 0 Å². The van der Waals surface area contributed by atoms with E-state index in [4.69, 9.17) is 88.3 Å². The number of β-amino-alcohol motifs (C(OH)–C–C–N with tert-alkyl or cyclic N) is 1. The normalized spacial score (nSPS) is 22.7. The van der Waals surface area contributed by atoms with Gasteiger partial charge >= 0.3 is 17.9 Å². The molecule has 4 aliphatic rings. The van der Waals surface area contributed by atoms with Crippen LogP contribution >= 0.6 is 21.6 Å². The zero-order chi connectivity index (χ0) is 107. The van der Waals surface area contributed by atoms with Crippen molar-refractivity contribution in [2.24, 2.45) is 17.2 Å². The topological polar surface area (TPSA) is 662 Å². The van der Waals surface area contributed by atoms with Gasteiger partial charge in [-0.25, -0.2) is 0 Å². The molecule has 4 heterocycles. The zero-order valence-electron chi connectivity index (χ0n) is 84.8. The van der Waals surface area contributed by atoms with Crippen LogP contribution in [0.1, 0.15) is 179 Å². The van der Waals surface area contributed by atoms with Gasteiger partial charge in [0.1, 0.15) is 97.4 Å². The minimum absolute atomic E-state index is 0.0795. The van der Waals surface area contributed by atoms with Crippen molar-refractivity contribution in [3.05, 3.63) is 95.6 Å². The summed E-state index contributed by atoms with van der Waals surface area (Å²) < 4.78 is 85.4. The monoisotopic (exact) mass is 2120 g/mol. The lowest BCUT2D eigenvalue weighted by Crippen LogP contribution is -2.62. The van der Waals surface area contributed by atoms with E-state index in [1.165, 1.54) is 20.8 Å². The van der Waals surface area contributed by atoms with E-state index in [0.717, 1.165) is 16.7 Å². The second-order valence-corrected chi connectivity index (χ2v) is 39.0. The number of amides is 9. The molecule has 3 aromatic carbocycles. The Labute approximate surface area is 865 Å². The Bertz CT molecular complexity index is 4110. The highest BCUT2D eigenvalue weighted by Gasteiger charge is 2.48. The third kappa shape index (κ3) is 45.9. The highest BCUT2D eigenvalue weighted by atomic mass is 33.1. The molecule has 3 aromatic rings. The highest BCUT2D eigenvalue weighted by Crippen LogP contribution is 2.43. The second kappa shape index (κ2) is 69.3. The lowest BCUT2D eigenvalue weighted by Gasteiger charge is -2.40. The molecule has 0 spiro atoms. The first-order valence-electron chi connectivity index (χ1n) is 50.3. The van der Waals surface area contributed by atoms with Gasteiger partial charge in [-0.05, 0) is 124 Å². The molecule has 9 amide bonds. The smallest absolute Gasteiger partial charge is 0.302 e. The lowest BCUT2D eigenvalue weighted by atomic mass is 9.80. The average molecular weight is 2120 g/mol. The van der Waals surface area contributed by atoms with Crippen molar-refractivity contribution in [3.63, 3.8) is 0 Å². The van der Waals surface area contributed by atoms with Gasteiger partial charge in [-0.3, -0.25) is 57.5 Å². The summed E-state index contributed by atoms with van der Waals surface area (Å²) >= 11 is 0. The van der Waals surface area contributed by atoms with E-state index in [1.807, 2.05) is 78.9 Å². The summed E-state index contributed by atoms with van der Waals surface area (Å²) in [5, 5.41) is 96.1. The van der Waals surface area contributed by atoms with E-state index < -0.39 is 157 Å². The first-order valence-corrected chi connectivity index (χ1v) is 52.8. The maximum Gasteiger partial charge on any atom is 0.302 e. The molecule has 46 nitrogen and oxygen atoms in total. The van der Waals surface area contributed by atoms with Crippen LogP contribution in [-0.4, -0.2) is 385 Å². The molecule has 0 aliphatic carbocycles. The van der Waals surface area contributed by atoms with Crippen molar-refractivity contribution < 1.29 is 164 Å². The number of hydrogen-bond donors (Lipinski definition) is 18. The van der Waals surface area contributed by atoms with E-state index in [1.54, 1.807) is 40.7 Å². The average Bonchev–Trinajstić information content (AvgIpc) is 1.42. The molecule has 828 valence electrons. The molecule has 0 bridgehead atoms. The number of methoxy groups -OCH3 is 2. The number of nitrogens with zero attached hydrogens (tertiary/aromatic N) is 1. The summed E-state index contributed by atoms with van der Waals surface area (Å²) in [5.41, 5.74) is 18.0. The minimum Gasteiger partial charge on any atom is -0.497 e. The van der Waals surface area contributed by atoms with E-state index in [9.17, 15) is 93.3 Å². The number of nitrogens with two attached hydrogens (primary N) is 3. The van der Waals surface area contributed by atoms with E-state index in [0.29, 0.717) is 107 Å². The maximum absolute atomic E-state index is 14.2. The SMILES string of the molecule is COc1ccc(C(OC[C@@H]2C[C@@H](O)CN2C(=O)CCCSSCCNC(=O)CCCCC(=O)NC(COCCC(=O)NCCCNC(=O)CCCCOC2OC(COC(C)=O)C(O)C(O)C2N)(COCCC(=O)NCCCNC(=O)CCCCOC2OC(COC(C)=O)C(O)C(O)C2N)COCCC(=O)NCCCNC(=O)CCCCOC2OC(COC(C)=O)C(O)C(O)C2N)(c2ccccc2)c2ccc(OC)cc2)cc1. The Kier molecular flexibility index (Phi) is 58.8. The number of aliphatic hydroxyl groups excluding tert-OH is 7. The second-order valence-electron chi connectivity index (χ2n) is 36.3. The number of rotatable bonds is 73. The van der Waals surface area contributed by atoms with Crippen LogP contribution in [0, 0.1) is 0 Å². The third-order valence-electron chi connectivity index (χ3n) is 24.4. The van der Waals surface area contributed by atoms with Crippen LogP contribution in [0.25, 0.3) is 0 Å². The molecule has 0 saturated carbocycles. The predicted octanol–water partition coefficient (Wildman–Crippen LogP) is -0.673. The van der Waals surface area contributed by atoms with Crippen molar-refractivity contribution in [2.75, 3.05) is 164 Å². The summed E-state index contributed by atoms with van der Waals surface area (Å²) in [7, 11) is 6.33. The Morgan fingerprint density at radius 2 is 0.701 bits per heavy atom. The Balaban J connectivity index is 0.888. The standard InChI is InChI=1S/C99H156N12O34S2/c1-64(112)139-58-74-89(125)92(128)86(100)95(143-74)136-47-14-11-24-77(116)103-40-18-43-106-81(120)37-50-133-61-98(62-134-51-38-82(121)107-44-19-41-104-78(117)25-12-15-48-137-96-87(101)93(129)90(126)75(144-96)59-140-65(2)113,63-135-52-39-83(122)108-45-20-42-105-79(118)26-13-16-49-138-97-88(102)94(130)91(127)76(145-97)60-141-66(3)114)110-84(123)27-10-9-23-80(119)109-46-54-147-146-53-17-28-85(124)111-56-71(115)55-70(111)57-142-99(67-21-7-6-8-22-67,68-29-33-72(131-4)34-30-68)69-31-35-73(132-5)36-32-69/h6-8,21-22,29-36,70-71,74-76,86-97,115,125-130H,9-20,23-28,37-63,100-102H2,1-5H3,(H,103,116)(H,104,117)(H,105,118)(H,106,120)(H,107,121)(H,108,122)(H,109,119)(H,110,123)/t70-,71+,74?,75?,76?,86?,87?,88?,89?,90?,91?,92?,93?,94?,95?,96?,97?,98?/m0/s1. The van der Waals surface area contributed by atoms with Crippen LogP contribution in [-0.2, 0) is 125 Å². The zero-order valence-corrected chi connectivity index (χ0v) is 86.4. The fourth-order valence-corrected chi connectivity index (χ4v) is 18.2. The van der Waals surface area contributed by atoms with Crippen molar-refractivity contribution in [1.29, 1.82) is 0 Å². The number of carbonyl (C=O) groups excluding carboxylic acids is 12. The quantitative estimate of drug-likeness (QED) is 0.0110. The highest BCUT2D eigenvalue weighted by molar-refractivity contribution is 8.76. The van der Waals surface area contributed by atoms with Crippen LogP contribution in [0.3, 0.4) is 0 Å². The molecular weight excluding hydrogens is 1970 g/mol. The summed E-state index contributed by atoms with van der Waals surface area (Å²) in [5.74, 6) is -2.07. The van der Waals surface area contributed by atoms with E-state index in [-0.39, 0.29) is 225 Å². The molecule has 0 radical (unpaired) electrons. The molecule has 17 atom stereocenters. The number of esters is 3. The first kappa shape index (κ1) is 125. The van der Waals surface area contributed by atoms with Gasteiger partial charge in [-0.15, -0.1) is 0 Å². The Morgan fingerprint density at radius 1 is 0.374 bits per heavy atom. The maximum atomic E-state index is 14.2. The first-order chi connectivity index (χ1) is 70.7. The summed E-state index contributed by atoms with van der Waals surface area (Å²) in [6.07, 6.45) is -10.5. The number of aliphatic hydroxyl groups is 7. The Hall–Kier alpha value is -9.20. The molecule has 0 aromatic heterocycles. The molecule has 4 saturated heterocycles. The van der Waals surface area contributed by atoms with Gasteiger partial charge in [0.25, 0.3) is 0 Å². The van der Waals surface area contributed by atoms with E-state index >= 15 is 0 Å². The van der Waals surface area contributed by atoms with Crippen LogP contribution in [0.5, 0.6) is 11.5 Å². The van der Waals surface area contributed by atoms with Gasteiger partial charge < -0.3 is 171 Å². The van der Waals surface area contributed by atoms with Crippen LogP contribution < -0.4 is 69.2 Å². The van der Waals surface area contributed by atoms with Crippen molar-refractivity contribution in [3.8, 4) is 11.5 Å². The third-order valence-corrected chi connectivity index (χ3v) is 26.9. The van der Waals surface area contributed by atoms with Gasteiger partial charge in [0.15, 0.2) is 18.9 Å². The van der Waals surface area contributed by atoms with Gasteiger partial charge in [-0.2, -0.15) is 0 Å². The molecule has 15 unspecified atom stereocenters. The number of benzene rings is 3. The largest absolute Gasteiger partial charge is 0.497 e.